The van der Waals surface area contributed by atoms with E-state index in [2.05, 4.69) is 0 Å². The number of carbonyl (C=O) groups is 3. The number of rotatable bonds is 5. The molecule has 2 atom stereocenters. The number of imide groups is 1. The monoisotopic (exact) mass is 356 g/mol. The quantitative estimate of drug-likeness (QED) is 0.709. The molecule has 2 rings (SSSR count). The summed E-state index contributed by atoms with van der Waals surface area (Å²) in [6.45, 7) is 3.71. The predicted octanol–water partition coefficient (Wildman–Crippen LogP) is 2.22. The zero-order valence-corrected chi connectivity index (χ0v) is 14.4. The number of likely N-dealkylation sites (tertiary alicyclic amines) is 1. The van der Waals surface area contributed by atoms with Gasteiger partial charge in [-0.25, -0.2) is 13.6 Å². The van der Waals surface area contributed by atoms with Crippen LogP contribution in [0, 0.1) is 11.8 Å². The number of allylic oxidation sites excluding steroid dienone is 2. The van der Waals surface area contributed by atoms with Gasteiger partial charge in [-0.05, 0) is 20.8 Å². The third-order valence-corrected chi connectivity index (χ3v) is 3.84. The van der Waals surface area contributed by atoms with Crippen LogP contribution in [0.25, 0.3) is 0 Å². The first-order valence-electron chi connectivity index (χ1n) is 8.06. The zero-order valence-electron chi connectivity index (χ0n) is 14.4. The van der Waals surface area contributed by atoms with E-state index in [1.165, 1.54) is 0 Å². The molecule has 2 aliphatic rings. The Hall–Kier alpha value is -2.25. The Kier molecular flexibility index (Phi) is 5.59. The molecule has 1 heterocycles. The maximum absolute atomic E-state index is 12.8. The minimum Gasteiger partial charge on any atom is -0.444 e. The Labute approximate surface area is 145 Å². The van der Waals surface area contributed by atoms with Crippen molar-refractivity contribution in [2.24, 2.45) is 11.8 Å². The van der Waals surface area contributed by atoms with E-state index in [9.17, 15) is 23.2 Å². The van der Waals surface area contributed by atoms with Gasteiger partial charge in [0.15, 0.2) is 0 Å². The van der Waals surface area contributed by atoms with Crippen LogP contribution in [0.2, 0.25) is 0 Å². The maximum Gasteiger partial charge on any atom is 0.410 e. The van der Waals surface area contributed by atoms with Crippen molar-refractivity contribution < 1.29 is 27.9 Å². The lowest BCUT2D eigenvalue weighted by Gasteiger charge is -2.28. The van der Waals surface area contributed by atoms with Crippen LogP contribution in [0.15, 0.2) is 24.3 Å². The topological polar surface area (TPSA) is 66.9 Å². The van der Waals surface area contributed by atoms with Gasteiger partial charge in [0, 0.05) is 13.1 Å². The van der Waals surface area contributed by atoms with Crippen LogP contribution in [0.5, 0.6) is 0 Å². The molecule has 1 saturated heterocycles. The van der Waals surface area contributed by atoms with E-state index in [0.29, 0.717) is 0 Å². The molecule has 0 aromatic heterocycles. The molecular formula is C17H22F2N2O4. The Morgan fingerprint density at radius 2 is 1.72 bits per heavy atom. The molecule has 0 radical (unpaired) electrons. The number of halogens is 2. The second kappa shape index (κ2) is 7.33. The molecule has 0 bridgehead atoms. The average Bonchev–Trinajstić information content (AvgIpc) is 2.74. The van der Waals surface area contributed by atoms with E-state index in [0.717, 1.165) is 9.80 Å². The fourth-order valence-electron chi connectivity index (χ4n) is 2.74. The summed E-state index contributed by atoms with van der Waals surface area (Å²) in [6, 6.07) is 0. The van der Waals surface area contributed by atoms with Gasteiger partial charge in [0.1, 0.15) is 5.60 Å². The highest BCUT2D eigenvalue weighted by atomic mass is 19.3. The molecule has 0 aromatic carbocycles. The highest BCUT2D eigenvalue weighted by Crippen LogP contribution is 2.30. The number of amides is 3. The summed E-state index contributed by atoms with van der Waals surface area (Å²) in [4.78, 5) is 38.6. The molecule has 138 valence electrons. The van der Waals surface area contributed by atoms with Crippen molar-refractivity contribution in [1.82, 2.24) is 9.80 Å². The van der Waals surface area contributed by atoms with E-state index in [-0.39, 0.29) is 24.9 Å². The molecule has 2 unspecified atom stereocenters. The standard InChI is InChI=1S/C17H22F2N2O4/c1-17(2,3)25-16(24)20(10-13(18)19)8-9-21-14(22)11-6-4-5-7-12(11)15(21)23/h4-7,11-13H,8-10H2,1-3H3. The van der Waals surface area contributed by atoms with Crippen molar-refractivity contribution in [2.75, 3.05) is 19.6 Å². The summed E-state index contributed by atoms with van der Waals surface area (Å²) in [6.07, 6.45) is 3.04. The van der Waals surface area contributed by atoms with Gasteiger partial charge in [-0.1, -0.05) is 24.3 Å². The minimum absolute atomic E-state index is 0.141. The van der Waals surface area contributed by atoms with Crippen molar-refractivity contribution in [2.45, 2.75) is 32.8 Å². The lowest BCUT2D eigenvalue weighted by atomic mass is 9.91. The highest BCUT2D eigenvalue weighted by molar-refractivity contribution is 6.07. The fraction of sp³-hybridized carbons (Fsp3) is 0.588. The first-order valence-corrected chi connectivity index (χ1v) is 8.06. The Balaban J connectivity index is 2.03. The maximum atomic E-state index is 12.8. The van der Waals surface area contributed by atoms with Crippen LogP contribution >= 0.6 is 0 Å². The van der Waals surface area contributed by atoms with E-state index in [1.807, 2.05) is 0 Å². The summed E-state index contributed by atoms with van der Waals surface area (Å²) < 4.78 is 30.6. The van der Waals surface area contributed by atoms with Crippen molar-refractivity contribution >= 4 is 17.9 Å². The first-order chi connectivity index (χ1) is 11.6. The van der Waals surface area contributed by atoms with E-state index < -0.39 is 36.5 Å². The molecule has 0 aromatic rings. The molecule has 0 saturated carbocycles. The van der Waals surface area contributed by atoms with Crippen LogP contribution in [0.1, 0.15) is 20.8 Å². The van der Waals surface area contributed by atoms with Crippen LogP contribution in [0.3, 0.4) is 0 Å². The van der Waals surface area contributed by atoms with E-state index in [1.54, 1.807) is 45.1 Å². The van der Waals surface area contributed by atoms with Gasteiger partial charge in [0.2, 0.25) is 11.8 Å². The Morgan fingerprint density at radius 1 is 1.20 bits per heavy atom. The molecule has 1 aliphatic carbocycles. The Bertz CT molecular complexity index is 580. The third-order valence-electron chi connectivity index (χ3n) is 3.84. The van der Waals surface area contributed by atoms with Crippen LogP contribution in [-0.2, 0) is 14.3 Å². The summed E-state index contributed by atoms with van der Waals surface area (Å²) in [5.74, 6) is -1.86. The van der Waals surface area contributed by atoms with Gasteiger partial charge >= 0.3 is 6.09 Å². The lowest BCUT2D eigenvalue weighted by molar-refractivity contribution is -0.139. The van der Waals surface area contributed by atoms with Crippen LogP contribution < -0.4 is 0 Å². The molecule has 25 heavy (non-hydrogen) atoms. The molecule has 8 heteroatoms. The third kappa shape index (κ3) is 4.64. The van der Waals surface area contributed by atoms with Crippen molar-refractivity contribution in [3.8, 4) is 0 Å². The van der Waals surface area contributed by atoms with Crippen molar-refractivity contribution in [1.29, 1.82) is 0 Å². The number of alkyl halides is 2. The molecular weight excluding hydrogens is 334 g/mol. The van der Waals surface area contributed by atoms with Gasteiger partial charge in [0.05, 0.1) is 18.4 Å². The second-order valence-corrected chi connectivity index (χ2v) is 6.97. The number of hydrogen-bond donors (Lipinski definition) is 0. The molecule has 1 aliphatic heterocycles. The van der Waals surface area contributed by atoms with Gasteiger partial charge in [-0.15, -0.1) is 0 Å². The fourth-order valence-corrected chi connectivity index (χ4v) is 2.74. The smallest absolute Gasteiger partial charge is 0.410 e. The molecule has 0 spiro atoms. The molecule has 0 N–H and O–H groups in total. The number of carbonyl (C=O) groups excluding carboxylic acids is 3. The van der Waals surface area contributed by atoms with Crippen molar-refractivity contribution in [3.63, 3.8) is 0 Å². The average molecular weight is 356 g/mol. The van der Waals surface area contributed by atoms with Crippen LogP contribution in [0.4, 0.5) is 13.6 Å². The molecule has 6 nitrogen and oxygen atoms in total. The van der Waals surface area contributed by atoms with Crippen molar-refractivity contribution in [3.05, 3.63) is 24.3 Å². The summed E-state index contributed by atoms with van der Waals surface area (Å²) in [7, 11) is 0. The summed E-state index contributed by atoms with van der Waals surface area (Å²) in [5, 5.41) is 0. The summed E-state index contributed by atoms with van der Waals surface area (Å²) in [5.41, 5.74) is -0.832. The van der Waals surface area contributed by atoms with E-state index in [4.69, 9.17) is 4.74 Å². The van der Waals surface area contributed by atoms with Gasteiger partial charge in [-0.2, -0.15) is 0 Å². The van der Waals surface area contributed by atoms with Gasteiger partial charge in [0.25, 0.3) is 6.43 Å². The number of nitrogens with zero attached hydrogens (tertiary/aromatic N) is 2. The minimum atomic E-state index is -2.74. The largest absolute Gasteiger partial charge is 0.444 e. The highest BCUT2D eigenvalue weighted by Gasteiger charge is 2.45. The number of fused-ring (bicyclic) bond motifs is 1. The van der Waals surface area contributed by atoms with E-state index >= 15 is 0 Å². The SMILES string of the molecule is CC(C)(C)OC(=O)N(CCN1C(=O)C2C=CC=CC2C1=O)CC(F)F. The molecule has 3 amide bonds. The lowest BCUT2D eigenvalue weighted by Crippen LogP contribution is -2.45. The van der Waals surface area contributed by atoms with Crippen LogP contribution in [-0.4, -0.2) is 59.4 Å². The predicted molar refractivity (Wildman–Crippen MR) is 85.8 cm³/mol. The summed E-state index contributed by atoms with van der Waals surface area (Å²) >= 11 is 0. The molecule has 1 fully saturated rings. The zero-order chi connectivity index (χ0) is 18.8. The Morgan fingerprint density at radius 3 is 2.16 bits per heavy atom. The number of hydrogen-bond acceptors (Lipinski definition) is 4. The first kappa shape index (κ1) is 19.1. The second-order valence-electron chi connectivity index (χ2n) is 6.97. The normalized spacial score (nSPS) is 22.6. The van der Waals surface area contributed by atoms with Gasteiger partial charge in [-0.3, -0.25) is 14.5 Å². The number of ether oxygens (including phenoxy) is 1. The van der Waals surface area contributed by atoms with Gasteiger partial charge < -0.3 is 9.64 Å².